The summed E-state index contributed by atoms with van der Waals surface area (Å²) >= 11 is 6.49. The van der Waals surface area contributed by atoms with E-state index in [-0.39, 0.29) is 24.1 Å². The minimum absolute atomic E-state index is 0.107. The number of benzene rings is 2. The van der Waals surface area contributed by atoms with Gasteiger partial charge in [0.2, 0.25) is 0 Å². The van der Waals surface area contributed by atoms with Crippen molar-refractivity contribution in [2.24, 2.45) is 4.99 Å². The van der Waals surface area contributed by atoms with E-state index in [9.17, 15) is 24.0 Å². The van der Waals surface area contributed by atoms with Gasteiger partial charge in [-0.05, 0) is 124 Å². The van der Waals surface area contributed by atoms with Gasteiger partial charge >= 0.3 is 24.4 Å². The minimum Gasteiger partial charge on any atom is -0.450 e. The number of carbonyl (C=O) groups excluding carboxylic acids is 5. The number of ketones is 1. The molecule has 4 rings (SSSR count). The molecule has 0 aliphatic rings. The van der Waals surface area contributed by atoms with E-state index >= 15 is 0 Å². The summed E-state index contributed by atoms with van der Waals surface area (Å²) in [5.41, 5.74) is 1.47. The molecule has 56 heavy (non-hydrogen) atoms. The summed E-state index contributed by atoms with van der Waals surface area (Å²) < 4.78 is 23.4. The maximum atomic E-state index is 12.4. The highest BCUT2D eigenvalue weighted by molar-refractivity contribution is 8.13. The minimum atomic E-state index is -0.626. The Kier molecular flexibility index (Phi) is 18.0. The number of aromatic nitrogens is 2. The number of nitrogens with one attached hydrogen (secondary N) is 3. The molecule has 4 aromatic rings. The Morgan fingerprint density at radius 2 is 1.18 bits per heavy atom. The lowest BCUT2D eigenvalue weighted by molar-refractivity contribution is -0.115. The molecular weight excluding hydrogens is 761 g/mol. The van der Waals surface area contributed by atoms with Crippen LogP contribution < -0.4 is 16.0 Å². The number of amidine groups is 1. The van der Waals surface area contributed by atoms with Gasteiger partial charge in [0.05, 0.1) is 29.9 Å². The summed E-state index contributed by atoms with van der Waals surface area (Å²) in [6.45, 7) is 19.9. The third-order valence-corrected chi connectivity index (χ3v) is 7.31. The molecule has 2 amide bonds. The molecule has 0 radical (unpaired) electrons. The molecule has 0 saturated carbocycles. The first-order valence-electron chi connectivity index (χ1n) is 17.7. The normalized spacial score (nSPS) is 11.2. The van der Waals surface area contributed by atoms with Crippen molar-refractivity contribution in [3.8, 4) is 0 Å². The number of fused-ring (bicyclic) bond motifs is 2. The van der Waals surface area contributed by atoms with Crippen LogP contribution in [0.1, 0.15) is 76.2 Å². The van der Waals surface area contributed by atoms with E-state index in [2.05, 4.69) is 20.9 Å². The number of ether oxygens (including phenoxy) is 4. The third kappa shape index (κ3) is 15.7. The number of amides is 2. The average Bonchev–Trinajstić information content (AvgIpc) is 3.70. The predicted molar refractivity (Wildman–Crippen MR) is 225 cm³/mol. The van der Waals surface area contributed by atoms with Gasteiger partial charge in [-0.2, -0.15) is 0 Å². The molecule has 2 aromatic carbocycles. The Morgan fingerprint density at radius 3 is 1.66 bits per heavy atom. The molecule has 0 atom stereocenters. The van der Waals surface area contributed by atoms with Gasteiger partial charge in [-0.15, -0.1) is 0 Å². The highest BCUT2D eigenvalue weighted by Gasteiger charge is 2.21. The summed E-state index contributed by atoms with van der Waals surface area (Å²) in [6.07, 6.45) is 1.20. The molecule has 17 heteroatoms. The van der Waals surface area contributed by atoms with Crippen molar-refractivity contribution in [3.05, 3.63) is 60.9 Å². The van der Waals surface area contributed by atoms with Crippen LogP contribution in [0.15, 0.2) is 65.9 Å². The Morgan fingerprint density at radius 1 is 0.714 bits per heavy atom. The van der Waals surface area contributed by atoms with E-state index in [0.717, 1.165) is 16.5 Å². The number of alkyl carbamates (subject to hydrolysis) is 2. The molecule has 0 bridgehead atoms. The summed E-state index contributed by atoms with van der Waals surface area (Å²) in [7, 11) is 0. The Labute approximate surface area is 336 Å². The van der Waals surface area contributed by atoms with Crippen LogP contribution in [-0.2, 0) is 23.7 Å². The standard InChI is InChI=1S/C19H25N3O4S.C17H21N3O4S.C3H6O/c1-6-25-17(23)21-16(27-7-2)20-14-9-8-10-15-13(14)11-12-22(15)18(24)26-19(3,4)5;1-5-23-15(21)19-14(25)18-12-7-6-8-13-11(12)9-10-20(13)16(22)24-17(2,3)4;1-3(2)4/h8-12H,6-7H2,1-5H3,(H,20,21,23);6-10H,5H2,1-4H3,(H2,18,19,21,25);1-2H3. The van der Waals surface area contributed by atoms with Crippen LogP contribution in [-0.4, -0.2) is 79.7 Å². The molecule has 0 saturated heterocycles. The van der Waals surface area contributed by atoms with E-state index in [1.165, 1.54) is 34.7 Å². The number of rotatable bonds is 5. The fourth-order valence-corrected chi connectivity index (χ4v) is 5.26. The number of thioether (sulfide) groups is 1. The number of carbonyl (C=O) groups is 5. The van der Waals surface area contributed by atoms with Crippen LogP contribution in [0.3, 0.4) is 0 Å². The van der Waals surface area contributed by atoms with Crippen molar-refractivity contribution in [2.75, 3.05) is 24.3 Å². The fourth-order valence-electron chi connectivity index (χ4n) is 4.48. The van der Waals surface area contributed by atoms with Gasteiger partial charge in [-0.25, -0.2) is 24.2 Å². The largest absolute Gasteiger partial charge is 0.450 e. The first-order valence-corrected chi connectivity index (χ1v) is 19.1. The lowest BCUT2D eigenvalue weighted by atomic mass is 10.2. The number of aliphatic imine (C=N–C) groups is 1. The van der Waals surface area contributed by atoms with Gasteiger partial charge in [-0.1, -0.05) is 30.8 Å². The molecule has 2 heterocycles. The zero-order valence-electron chi connectivity index (χ0n) is 33.7. The Balaban J connectivity index is 0.000000354. The van der Waals surface area contributed by atoms with Gasteiger partial charge in [-0.3, -0.25) is 19.8 Å². The van der Waals surface area contributed by atoms with Gasteiger partial charge < -0.3 is 29.1 Å². The molecule has 304 valence electrons. The second-order valence-corrected chi connectivity index (χ2v) is 15.3. The highest BCUT2D eigenvalue weighted by Crippen LogP contribution is 2.29. The number of hydrogen-bond acceptors (Lipinski definition) is 12. The maximum Gasteiger partial charge on any atom is 0.418 e. The molecule has 0 unspecified atom stereocenters. The van der Waals surface area contributed by atoms with Crippen molar-refractivity contribution in [2.45, 2.75) is 87.4 Å². The van der Waals surface area contributed by atoms with Crippen LogP contribution in [0.5, 0.6) is 0 Å². The zero-order valence-corrected chi connectivity index (χ0v) is 35.4. The first-order chi connectivity index (χ1) is 26.2. The topological polar surface area (TPSA) is 181 Å². The molecule has 0 aliphatic heterocycles. The maximum absolute atomic E-state index is 12.4. The smallest absolute Gasteiger partial charge is 0.418 e. The molecular formula is C39H52N6O9S2. The van der Waals surface area contributed by atoms with Crippen LogP contribution in [0, 0.1) is 0 Å². The molecule has 15 nitrogen and oxygen atoms in total. The highest BCUT2D eigenvalue weighted by atomic mass is 32.2. The molecule has 2 aromatic heterocycles. The van der Waals surface area contributed by atoms with Crippen molar-refractivity contribution in [1.29, 1.82) is 0 Å². The van der Waals surface area contributed by atoms with Crippen molar-refractivity contribution in [1.82, 2.24) is 19.8 Å². The average molecular weight is 813 g/mol. The van der Waals surface area contributed by atoms with Crippen molar-refractivity contribution >= 4 is 97.6 Å². The third-order valence-electron chi connectivity index (χ3n) is 6.35. The molecule has 0 spiro atoms. The van der Waals surface area contributed by atoms with E-state index < -0.39 is 35.6 Å². The molecule has 0 aliphatic carbocycles. The van der Waals surface area contributed by atoms with E-state index in [1.807, 2.05) is 60.6 Å². The number of Topliss-reactive ketones (excluding diaryl/α,β-unsaturated/α-hetero) is 1. The number of thiocarbonyl (C=S) groups is 1. The predicted octanol–water partition coefficient (Wildman–Crippen LogP) is 9.37. The summed E-state index contributed by atoms with van der Waals surface area (Å²) in [5, 5.41) is 10.1. The van der Waals surface area contributed by atoms with E-state index in [0.29, 0.717) is 27.6 Å². The van der Waals surface area contributed by atoms with Gasteiger partial charge in [0, 0.05) is 28.9 Å². The lowest BCUT2D eigenvalue weighted by Crippen LogP contribution is -2.34. The number of anilines is 1. The van der Waals surface area contributed by atoms with Crippen LogP contribution in [0.25, 0.3) is 21.8 Å². The quantitative estimate of drug-likeness (QED) is 0.0753. The second-order valence-electron chi connectivity index (χ2n) is 13.7. The molecule has 0 fully saturated rings. The summed E-state index contributed by atoms with van der Waals surface area (Å²) in [4.78, 5) is 61.8. The monoisotopic (exact) mass is 812 g/mol. The van der Waals surface area contributed by atoms with Gasteiger partial charge in [0.1, 0.15) is 17.0 Å². The SMILES string of the molecule is CC(C)=O.CCOC(=O)NC(=Nc1cccc2c1ccn2C(=O)OC(C)(C)C)SCC.CCOC(=O)NC(=S)Nc1cccc2c1ccn2C(=O)OC(C)(C)C. The van der Waals surface area contributed by atoms with E-state index in [4.69, 9.17) is 31.2 Å². The van der Waals surface area contributed by atoms with E-state index in [1.54, 1.807) is 62.6 Å². The lowest BCUT2D eigenvalue weighted by Gasteiger charge is -2.19. The first kappa shape index (κ1) is 46.7. The zero-order chi connectivity index (χ0) is 42.2. The summed E-state index contributed by atoms with van der Waals surface area (Å²) in [5.74, 6) is 0.903. The molecule has 3 N–H and O–H groups in total. The van der Waals surface area contributed by atoms with Crippen LogP contribution in [0.2, 0.25) is 0 Å². The van der Waals surface area contributed by atoms with Crippen LogP contribution in [0.4, 0.5) is 30.6 Å². The van der Waals surface area contributed by atoms with Crippen molar-refractivity contribution < 1.29 is 42.9 Å². The second kappa shape index (κ2) is 21.6. The Hall–Kier alpha value is -5.42. The summed E-state index contributed by atoms with van der Waals surface area (Å²) in [6, 6.07) is 14.4. The Bertz CT molecular complexity index is 2040. The fraction of sp³-hybridized carbons (Fsp3) is 0.410. The van der Waals surface area contributed by atoms with Gasteiger partial charge in [0.25, 0.3) is 0 Å². The number of hydrogen-bond donors (Lipinski definition) is 3. The number of nitrogens with zero attached hydrogens (tertiary/aromatic N) is 3. The van der Waals surface area contributed by atoms with Crippen LogP contribution >= 0.6 is 24.0 Å². The van der Waals surface area contributed by atoms with Gasteiger partial charge in [0.15, 0.2) is 10.3 Å². The van der Waals surface area contributed by atoms with Crippen molar-refractivity contribution in [3.63, 3.8) is 0 Å².